The molecule has 3 heteroatoms. The van der Waals surface area contributed by atoms with Crippen LogP contribution < -0.4 is 5.32 Å². The summed E-state index contributed by atoms with van der Waals surface area (Å²) < 4.78 is 6.70. The van der Waals surface area contributed by atoms with E-state index in [0.29, 0.717) is 12.6 Å². The van der Waals surface area contributed by atoms with Gasteiger partial charge in [-0.25, -0.2) is 0 Å². The van der Waals surface area contributed by atoms with Crippen molar-refractivity contribution in [1.82, 2.24) is 5.32 Å². The van der Waals surface area contributed by atoms with E-state index in [2.05, 4.69) is 65.7 Å². The van der Waals surface area contributed by atoms with Crippen LogP contribution >= 0.6 is 22.6 Å². The van der Waals surface area contributed by atoms with Gasteiger partial charge in [-0.1, -0.05) is 24.3 Å². The maximum Gasteiger partial charge on any atom is 0.0672 e. The summed E-state index contributed by atoms with van der Waals surface area (Å²) in [7, 11) is 0. The zero-order chi connectivity index (χ0) is 12.7. The molecule has 0 bridgehead atoms. The molecule has 1 aromatic rings. The Kier molecular flexibility index (Phi) is 6.77. The minimum absolute atomic E-state index is 0.362. The van der Waals surface area contributed by atoms with Gasteiger partial charge in [0.1, 0.15) is 0 Å². The fraction of sp³-hybridized carbons (Fsp3) is 0.429. The van der Waals surface area contributed by atoms with Crippen LogP contribution in [0.2, 0.25) is 0 Å². The van der Waals surface area contributed by atoms with Crippen molar-refractivity contribution >= 4 is 22.6 Å². The van der Waals surface area contributed by atoms with Crippen molar-refractivity contribution < 1.29 is 4.74 Å². The average Bonchev–Trinajstić information content (AvgIpc) is 2.29. The van der Waals surface area contributed by atoms with Gasteiger partial charge in [-0.2, -0.15) is 0 Å². The molecule has 1 N–H and O–H groups in total. The van der Waals surface area contributed by atoms with Crippen LogP contribution in [0, 0.1) is 3.57 Å². The van der Waals surface area contributed by atoms with Crippen LogP contribution in [0.1, 0.15) is 25.5 Å². The van der Waals surface area contributed by atoms with E-state index in [1.165, 1.54) is 9.13 Å². The zero-order valence-corrected chi connectivity index (χ0v) is 12.7. The maximum absolute atomic E-state index is 5.44. The quantitative estimate of drug-likeness (QED) is 0.464. The van der Waals surface area contributed by atoms with Crippen LogP contribution in [-0.4, -0.2) is 19.8 Å². The minimum atomic E-state index is 0.362. The topological polar surface area (TPSA) is 21.3 Å². The molecule has 17 heavy (non-hydrogen) atoms. The summed E-state index contributed by atoms with van der Waals surface area (Å²) in [5.41, 5.74) is 2.38. The van der Waals surface area contributed by atoms with E-state index < -0.39 is 0 Å². The Morgan fingerprint density at radius 1 is 1.41 bits per heavy atom. The van der Waals surface area contributed by atoms with Crippen LogP contribution in [0.5, 0.6) is 0 Å². The van der Waals surface area contributed by atoms with Crippen molar-refractivity contribution in [3.8, 4) is 0 Å². The van der Waals surface area contributed by atoms with Gasteiger partial charge in [0, 0.05) is 16.2 Å². The highest BCUT2D eigenvalue weighted by Gasteiger charge is 2.03. The van der Waals surface area contributed by atoms with E-state index >= 15 is 0 Å². The van der Waals surface area contributed by atoms with Gasteiger partial charge in [-0.3, -0.25) is 0 Å². The van der Waals surface area contributed by atoms with Gasteiger partial charge in [0.25, 0.3) is 0 Å². The highest BCUT2D eigenvalue weighted by Crippen LogP contribution is 2.13. The molecule has 0 amide bonds. The lowest BCUT2D eigenvalue weighted by atomic mass is 10.1. The van der Waals surface area contributed by atoms with Crippen molar-refractivity contribution in [1.29, 1.82) is 0 Å². The standard InChI is InChI=1S/C14H20INO/c1-11(2)10-17-9-8-16-12(3)13-4-6-14(15)7-5-13/h4-7,12,16H,1,8-10H2,2-3H3. The van der Waals surface area contributed by atoms with Crippen molar-refractivity contribution in [3.05, 3.63) is 45.6 Å². The molecule has 0 spiro atoms. The van der Waals surface area contributed by atoms with Crippen molar-refractivity contribution in [2.75, 3.05) is 19.8 Å². The average molecular weight is 345 g/mol. The molecule has 0 aliphatic heterocycles. The minimum Gasteiger partial charge on any atom is -0.376 e. The lowest BCUT2D eigenvalue weighted by Crippen LogP contribution is -2.23. The Bertz CT molecular complexity index is 348. The summed E-state index contributed by atoms with van der Waals surface area (Å²) in [5, 5.41) is 3.43. The van der Waals surface area contributed by atoms with Gasteiger partial charge in [0.05, 0.1) is 13.2 Å². The molecule has 0 saturated carbocycles. The van der Waals surface area contributed by atoms with E-state index in [-0.39, 0.29) is 0 Å². The molecule has 94 valence electrons. The highest BCUT2D eigenvalue weighted by atomic mass is 127. The molecule has 0 heterocycles. The summed E-state index contributed by atoms with van der Waals surface area (Å²) in [6.07, 6.45) is 0. The predicted octanol–water partition coefficient (Wildman–Crippen LogP) is 3.53. The lowest BCUT2D eigenvalue weighted by molar-refractivity contribution is 0.156. The third kappa shape index (κ3) is 6.19. The first kappa shape index (κ1) is 14.7. The first-order valence-electron chi connectivity index (χ1n) is 5.80. The number of benzene rings is 1. The van der Waals surface area contributed by atoms with Crippen LogP contribution in [0.3, 0.4) is 0 Å². The van der Waals surface area contributed by atoms with Crippen LogP contribution in [-0.2, 0) is 4.74 Å². The van der Waals surface area contributed by atoms with Gasteiger partial charge in [-0.05, 0) is 54.1 Å². The van der Waals surface area contributed by atoms with Gasteiger partial charge in [-0.15, -0.1) is 0 Å². The summed E-state index contributed by atoms with van der Waals surface area (Å²) in [4.78, 5) is 0. The third-order valence-electron chi connectivity index (χ3n) is 2.42. The molecule has 0 aromatic heterocycles. The van der Waals surface area contributed by atoms with Crippen LogP contribution in [0.15, 0.2) is 36.4 Å². The third-order valence-corrected chi connectivity index (χ3v) is 3.13. The molecule has 1 unspecified atom stereocenters. The second kappa shape index (κ2) is 7.84. The second-order valence-corrected chi connectivity index (χ2v) is 5.48. The molecule has 2 nitrogen and oxygen atoms in total. The molecular formula is C14H20INO. The first-order chi connectivity index (χ1) is 8.09. The number of hydrogen-bond donors (Lipinski definition) is 1. The van der Waals surface area contributed by atoms with E-state index in [4.69, 9.17) is 4.74 Å². The molecule has 1 atom stereocenters. The van der Waals surface area contributed by atoms with Crippen molar-refractivity contribution in [2.45, 2.75) is 19.9 Å². The molecular weight excluding hydrogens is 325 g/mol. The molecule has 0 radical (unpaired) electrons. The van der Waals surface area contributed by atoms with Gasteiger partial charge in [0.2, 0.25) is 0 Å². The van der Waals surface area contributed by atoms with Gasteiger partial charge < -0.3 is 10.1 Å². The maximum atomic E-state index is 5.44. The van der Waals surface area contributed by atoms with E-state index in [1.54, 1.807) is 0 Å². The van der Waals surface area contributed by atoms with E-state index in [9.17, 15) is 0 Å². The Morgan fingerprint density at radius 3 is 2.65 bits per heavy atom. The second-order valence-electron chi connectivity index (χ2n) is 4.24. The molecule has 0 saturated heterocycles. The zero-order valence-electron chi connectivity index (χ0n) is 10.5. The molecule has 0 aliphatic rings. The SMILES string of the molecule is C=C(C)COCCNC(C)c1ccc(I)cc1. The summed E-state index contributed by atoms with van der Waals surface area (Å²) in [6, 6.07) is 8.94. The highest BCUT2D eigenvalue weighted by molar-refractivity contribution is 14.1. The summed E-state index contributed by atoms with van der Waals surface area (Å²) in [6.45, 7) is 10.2. The van der Waals surface area contributed by atoms with Gasteiger partial charge >= 0.3 is 0 Å². The van der Waals surface area contributed by atoms with Gasteiger partial charge in [0.15, 0.2) is 0 Å². The number of nitrogens with one attached hydrogen (secondary N) is 1. The van der Waals surface area contributed by atoms with E-state index in [0.717, 1.165) is 18.7 Å². The van der Waals surface area contributed by atoms with Crippen molar-refractivity contribution in [2.24, 2.45) is 0 Å². The fourth-order valence-electron chi connectivity index (χ4n) is 1.46. The smallest absolute Gasteiger partial charge is 0.0672 e. The normalized spacial score (nSPS) is 12.4. The van der Waals surface area contributed by atoms with Crippen LogP contribution in [0.4, 0.5) is 0 Å². The summed E-state index contributed by atoms with van der Waals surface area (Å²) >= 11 is 2.32. The number of hydrogen-bond acceptors (Lipinski definition) is 2. The molecule has 1 rings (SSSR count). The van der Waals surface area contributed by atoms with Crippen LogP contribution in [0.25, 0.3) is 0 Å². The Labute approximate surface area is 118 Å². The number of ether oxygens (including phenoxy) is 1. The Morgan fingerprint density at radius 2 is 2.06 bits per heavy atom. The molecule has 0 fully saturated rings. The molecule has 0 aliphatic carbocycles. The predicted molar refractivity (Wildman–Crippen MR) is 81.2 cm³/mol. The molecule has 1 aromatic carbocycles. The van der Waals surface area contributed by atoms with Crippen molar-refractivity contribution in [3.63, 3.8) is 0 Å². The monoisotopic (exact) mass is 345 g/mol. The lowest BCUT2D eigenvalue weighted by Gasteiger charge is -2.14. The number of halogens is 1. The first-order valence-corrected chi connectivity index (χ1v) is 6.88. The summed E-state index contributed by atoms with van der Waals surface area (Å²) in [5.74, 6) is 0. The Balaban J connectivity index is 2.23. The fourth-order valence-corrected chi connectivity index (χ4v) is 1.82. The Hall–Kier alpha value is -0.390. The largest absolute Gasteiger partial charge is 0.376 e. The van der Waals surface area contributed by atoms with E-state index in [1.807, 2.05) is 6.92 Å². The number of rotatable bonds is 7.